The number of nitrogens with zero attached hydrogens (tertiary/aromatic N) is 5. The Bertz CT molecular complexity index is 1100. The molecule has 154 valence electrons. The van der Waals surface area contributed by atoms with Crippen LogP contribution in [0.15, 0.2) is 48.0 Å². The van der Waals surface area contributed by atoms with E-state index in [4.69, 9.17) is 11.6 Å². The van der Waals surface area contributed by atoms with Gasteiger partial charge in [-0.3, -0.25) is 4.79 Å². The molecule has 2 aromatic carbocycles. The number of rotatable bonds is 4. The fourth-order valence-corrected chi connectivity index (χ4v) is 3.94. The molecule has 8 heteroatoms. The summed E-state index contributed by atoms with van der Waals surface area (Å²) in [5.74, 6) is 0.431. The van der Waals surface area contributed by atoms with Crippen molar-refractivity contribution in [3.05, 3.63) is 69.8 Å². The topological polar surface area (TPSA) is 75.9 Å². The van der Waals surface area contributed by atoms with Crippen LogP contribution in [-0.4, -0.2) is 39.2 Å². The fraction of sp³-hybridized carbons (Fsp3) is 0.273. The first kappa shape index (κ1) is 20.1. The van der Waals surface area contributed by atoms with Gasteiger partial charge in [0.05, 0.1) is 17.6 Å². The molecular formula is C22H23ClN6O. The maximum absolute atomic E-state index is 12.7. The fourth-order valence-electron chi connectivity index (χ4n) is 3.64. The minimum Gasteiger partial charge on any atom is -0.334 e. The number of hydrogen-bond acceptors (Lipinski definition) is 5. The SMILES string of the molecule is CC1=C(c2ccc(NC(=O)c3c(C)cccc3Cl)cc2)CN(c2nnn(C)n2)CC1. The van der Waals surface area contributed by atoms with Crippen LogP contribution in [0.4, 0.5) is 11.6 Å². The summed E-state index contributed by atoms with van der Waals surface area (Å²) < 4.78 is 0. The van der Waals surface area contributed by atoms with Gasteiger partial charge in [0.15, 0.2) is 0 Å². The number of benzene rings is 2. The predicted octanol–water partition coefficient (Wildman–Crippen LogP) is 4.11. The molecule has 0 aliphatic carbocycles. The van der Waals surface area contributed by atoms with E-state index < -0.39 is 0 Å². The van der Waals surface area contributed by atoms with E-state index in [0.29, 0.717) is 16.5 Å². The van der Waals surface area contributed by atoms with Crippen molar-refractivity contribution in [3.8, 4) is 0 Å². The average molecular weight is 423 g/mol. The standard InChI is InChI=1S/C22H23ClN6O/c1-14-11-12-29(22-25-27-28(3)26-22)13-18(14)16-7-9-17(10-8-16)24-21(30)20-15(2)5-4-6-19(20)23/h4-10H,11-13H2,1-3H3,(H,24,30). The van der Waals surface area contributed by atoms with E-state index in [1.54, 1.807) is 13.1 Å². The highest BCUT2D eigenvalue weighted by Gasteiger charge is 2.21. The third kappa shape index (κ3) is 4.07. The molecule has 1 amide bonds. The van der Waals surface area contributed by atoms with Crippen LogP contribution in [0.5, 0.6) is 0 Å². The summed E-state index contributed by atoms with van der Waals surface area (Å²) in [6, 6.07) is 13.3. The zero-order chi connectivity index (χ0) is 21.3. The summed E-state index contributed by atoms with van der Waals surface area (Å²) in [6.07, 6.45) is 0.942. The number of aryl methyl sites for hydroxylation is 2. The highest BCUT2D eigenvalue weighted by molar-refractivity contribution is 6.34. The Labute approximate surface area is 180 Å². The van der Waals surface area contributed by atoms with Gasteiger partial charge in [0, 0.05) is 18.8 Å². The zero-order valence-corrected chi connectivity index (χ0v) is 17.9. The molecule has 7 nitrogen and oxygen atoms in total. The lowest BCUT2D eigenvalue weighted by molar-refractivity contribution is 0.102. The minimum absolute atomic E-state index is 0.209. The Morgan fingerprint density at radius 3 is 2.57 bits per heavy atom. The second-order valence-corrected chi connectivity index (χ2v) is 7.88. The Balaban J connectivity index is 1.51. The quantitative estimate of drug-likeness (QED) is 0.684. The van der Waals surface area contributed by atoms with Gasteiger partial charge in [0.2, 0.25) is 0 Å². The molecule has 4 rings (SSSR count). The molecule has 1 N–H and O–H groups in total. The average Bonchev–Trinajstić information content (AvgIpc) is 3.15. The number of tetrazole rings is 1. The van der Waals surface area contributed by atoms with Crippen molar-refractivity contribution in [3.63, 3.8) is 0 Å². The van der Waals surface area contributed by atoms with Crippen molar-refractivity contribution in [2.75, 3.05) is 23.3 Å². The van der Waals surface area contributed by atoms with Gasteiger partial charge >= 0.3 is 0 Å². The van der Waals surface area contributed by atoms with E-state index in [0.717, 1.165) is 36.3 Å². The van der Waals surface area contributed by atoms with Crippen molar-refractivity contribution in [2.45, 2.75) is 20.3 Å². The Hall–Kier alpha value is -3.19. The second-order valence-electron chi connectivity index (χ2n) is 7.47. The lowest BCUT2D eigenvalue weighted by Crippen LogP contribution is -2.31. The number of carbonyl (C=O) groups excluding carboxylic acids is 1. The molecule has 0 fully saturated rings. The van der Waals surface area contributed by atoms with Crippen LogP contribution in [0.1, 0.15) is 34.8 Å². The molecule has 3 aromatic rings. The Morgan fingerprint density at radius 1 is 1.13 bits per heavy atom. The number of amides is 1. The molecule has 0 spiro atoms. The molecule has 0 bridgehead atoms. The lowest BCUT2D eigenvalue weighted by atomic mass is 9.95. The van der Waals surface area contributed by atoms with Crippen molar-refractivity contribution < 1.29 is 4.79 Å². The van der Waals surface area contributed by atoms with Crippen LogP contribution in [-0.2, 0) is 7.05 Å². The maximum atomic E-state index is 12.7. The van der Waals surface area contributed by atoms with Crippen LogP contribution < -0.4 is 10.2 Å². The molecule has 0 saturated carbocycles. The molecule has 0 unspecified atom stereocenters. The monoisotopic (exact) mass is 422 g/mol. The summed E-state index contributed by atoms with van der Waals surface area (Å²) in [4.78, 5) is 16.3. The highest BCUT2D eigenvalue weighted by atomic mass is 35.5. The second kappa shape index (κ2) is 8.28. The van der Waals surface area contributed by atoms with Crippen LogP contribution in [0, 0.1) is 6.92 Å². The third-order valence-corrected chi connectivity index (χ3v) is 5.66. The van der Waals surface area contributed by atoms with Gasteiger partial charge in [-0.2, -0.15) is 4.80 Å². The first-order valence-electron chi connectivity index (χ1n) is 9.77. The number of anilines is 2. The summed E-state index contributed by atoms with van der Waals surface area (Å²) in [7, 11) is 1.76. The molecule has 1 aromatic heterocycles. The molecular weight excluding hydrogens is 400 g/mol. The molecule has 0 radical (unpaired) electrons. The van der Waals surface area contributed by atoms with Crippen LogP contribution in [0.2, 0.25) is 5.02 Å². The van der Waals surface area contributed by atoms with E-state index in [9.17, 15) is 4.79 Å². The normalized spacial score (nSPS) is 14.2. The Kier molecular flexibility index (Phi) is 5.55. The third-order valence-electron chi connectivity index (χ3n) is 5.34. The van der Waals surface area contributed by atoms with Gasteiger partial charge in [0.25, 0.3) is 11.9 Å². The van der Waals surface area contributed by atoms with Gasteiger partial charge < -0.3 is 10.2 Å². The number of aromatic nitrogens is 4. The Morgan fingerprint density at radius 2 is 1.90 bits per heavy atom. The first-order chi connectivity index (χ1) is 14.4. The van der Waals surface area contributed by atoms with Crippen LogP contribution in [0.25, 0.3) is 5.57 Å². The first-order valence-corrected chi connectivity index (χ1v) is 10.1. The summed E-state index contributed by atoms with van der Waals surface area (Å²) in [6.45, 7) is 5.63. The maximum Gasteiger partial charge on any atom is 0.266 e. The summed E-state index contributed by atoms with van der Waals surface area (Å²) in [5, 5.41) is 15.8. The van der Waals surface area contributed by atoms with Gasteiger partial charge in [-0.15, -0.1) is 5.10 Å². The van der Waals surface area contributed by atoms with Crippen molar-refractivity contribution in [1.29, 1.82) is 0 Å². The molecule has 30 heavy (non-hydrogen) atoms. The van der Waals surface area contributed by atoms with Gasteiger partial charge in [-0.05, 0) is 60.4 Å². The summed E-state index contributed by atoms with van der Waals surface area (Å²) >= 11 is 6.21. The number of halogens is 1. The highest BCUT2D eigenvalue weighted by Crippen LogP contribution is 2.29. The number of hydrogen-bond donors (Lipinski definition) is 1. The van der Waals surface area contributed by atoms with Crippen molar-refractivity contribution in [1.82, 2.24) is 20.2 Å². The minimum atomic E-state index is -0.209. The number of nitrogens with one attached hydrogen (secondary N) is 1. The lowest BCUT2D eigenvalue weighted by Gasteiger charge is -2.29. The van der Waals surface area contributed by atoms with Gasteiger partial charge in [-0.1, -0.05) is 46.5 Å². The largest absolute Gasteiger partial charge is 0.334 e. The van der Waals surface area contributed by atoms with E-state index in [1.807, 2.05) is 43.3 Å². The van der Waals surface area contributed by atoms with Gasteiger partial charge in [0.1, 0.15) is 0 Å². The van der Waals surface area contributed by atoms with Crippen molar-refractivity contribution in [2.24, 2.45) is 7.05 Å². The molecule has 0 saturated heterocycles. The number of carbonyl (C=O) groups is 1. The van der Waals surface area contributed by atoms with E-state index >= 15 is 0 Å². The molecule has 1 aliphatic rings. The molecule has 1 aliphatic heterocycles. The van der Waals surface area contributed by atoms with Crippen LogP contribution in [0.3, 0.4) is 0 Å². The smallest absolute Gasteiger partial charge is 0.266 e. The van der Waals surface area contributed by atoms with E-state index in [-0.39, 0.29) is 5.91 Å². The van der Waals surface area contributed by atoms with E-state index in [2.05, 4.69) is 32.6 Å². The van der Waals surface area contributed by atoms with E-state index in [1.165, 1.54) is 15.9 Å². The summed E-state index contributed by atoms with van der Waals surface area (Å²) in [5.41, 5.74) is 5.78. The van der Waals surface area contributed by atoms with Crippen molar-refractivity contribution >= 4 is 34.7 Å². The predicted molar refractivity (Wildman–Crippen MR) is 119 cm³/mol. The van der Waals surface area contributed by atoms with Crippen LogP contribution >= 0.6 is 11.6 Å². The molecule has 0 atom stereocenters. The molecule has 2 heterocycles. The van der Waals surface area contributed by atoms with Gasteiger partial charge in [-0.25, -0.2) is 0 Å². The zero-order valence-electron chi connectivity index (χ0n) is 17.2.